The molecule has 0 saturated carbocycles. The summed E-state index contributed by atoms with van der Waals surface area (Å²) in [6.45, 7) is -0.875. The average molecular weight is 429 g/mol. The summed E-state index contributed by atoms with van der Waals surface area (Å²) < 4.78 is 12.2. The maximum atomic E-state index is 12.4. The molecule has 30 heavy (non-hydrogen) atoms. The van der Waals surface area contributed by atoms with Crippen LogP contribution in [0.2, 0.25) is 5.02 Å². The number of hydrogen-bond acceptors (Lipinski definition) is 4. The number of benzene rings is 2. The molecule has 0 saturated heterocycles. The van der Waals surface area contributed by atoms with Crippen molar-refractivity contribution in [3.05, 3.63) is 82.4 Å². The number of imidazole rings is 1. The van der Waals surface area contributed by atoms with E-state index in [1.807, 2.05) is 0 Å². The summed E-state index contributed by atoms with van der Waals surface area (Å²) in [7, 11) is 0. The van der Waals surface area contributed by atoms with E-state index in [0.717, 1.165) is 5.56 Å². The smallest absolute Gasteiger partial charge is 0.276 e. The average Bonchev–Trinajstić information content (AvgIpc) is 3.24. The number of alkyl halides is 1. The van der Waals surface area contributed by atoms with Gasteiger partial charge in [0.1, 0.15) is 12.4 Å². The highest BCUT2D eigenvalue weighted by molar-refractivity contribution is 6.34. The van der Waals surface area contributed by atoms with Gasteiger partial charge in [0.15, 0.2) is 11.5 Å². The van der Waals surface area contributed by atoms with Crippen LogP contribution in [0.25, 0.3) is 0 Å². The summed E-state index contributed by atoms with van der Waals surface area (Å²) in [5.74, 6) is -1.33. The van der Waals surface area contributed by atoms with E-state index in [0.29, 0.717) is 16.3 Å². The van der Waals surface area contributed by atoms with Crippen LogP contribution in [0.1, 0.15) is 36.9 Å². The molecule has 0 radical (unpaired) electrons. The van der Waals surface area contributed by atoms with Gasteiger partial charge >= 0.3 is 0 Å². The molecule has 2 aromatic carbocycles. The summed E-state index contributed by atoms with van der Waals surface area (Å²) in [5.41, 5.74) is 1.51. The van der Waals surface area contributed by atoms with E-state index in [-0.39, 0.29) is 30.1 Å². The molecule has 9 heteroatoms. The Bertz CT molecular complexity index is 1070. The van der Waals surface area contributed by atoms with Gasteiger partial charge in [-0.3, -0.25) is 14.4 Å². The largest absolute Gasteiger partial charge is 0.348 e. The monoisotopic (exact) mass is 428 g/mol. The number of rotatable bonds is 8. The number of halogens is 2. The van der Waals surface area contributed by atoms with Crippen molar-refractivity contribution in [3.63, 3.8) is 0 Å². The minimum Gasteiger partial charge on any atom is -0.348 e. The maximum absolute atomic E-state index is 12.4. The number of aromatic amines is 1. The van der Waals surface area contributed by atoms with Gasteiger partial charge in [0.2, 0.25) is 0 Å². The fraction of sp³-hybridized carbons (Fsp3) is 0.143. The SMILES string of the molecule is O=C(Cc1ccc(NC(=O)c2nc[nH]c2C(=O)NCCF)cc1)c1ccccc1Cl. The quantitative estimate of drug-likeness (QED) is 0.478. The molecule has 3 rings (SSSR count). The normalized spacial score (nSPS) is 10.5. The topological polar surface area (TPSA) is 104 Å². The lowest BCUT2D eigenvalue weighted by Crippen LogP contribution is -2.28. The number of amides is 2. The molecule has 0 atom stereocenters. The van der Waals surface area contributed by atoms with Crippen molar-refractivity contribution in [3.8, 4) is 0 Å². The van der Waals surface area contributed by atoms with Crippen LogP contribution in [-0.2, 0) is 6.42 Å². The number of H-pyrrole nitrogens is 1. The number of nitrogens with zero attached hydrogens (tertiary/aromatic N) is 1. The van der Waals surface area contributed by atoms with Gasteiger partial charge in [0.05, 0.1) is 11.3 Å². The number of aromatic nitrogens is 2. The van der Waals surface area contributed by atoms with Gasteiger partial charge in [-0.15, -0.1) is 0 Å². The Morgan fingerprint density at radius 1 is 1.03 bits per heavy atom. The zero-order valence-corrected chi connectivity index (χ0v) is 16.5. The third-order valence-electron chi connectivity index (χ3n) is 4.21. The highest BCUT2D eigenvalue weighted by Gasteiger charge is 2.20. The molecule has 0 fully saturated rings. The minimum atomic E-state index is -0.716. The van der Waals surface area contributed by atoms with Crippen LogP contribution in [0, 0.1) is 0 Å². The Morgan fingerprint density at radius 2 is 1.77 bits per heavy atom. The minimum absolute atomic E-state index is 0.0529. The number of carbonyl (C=O) groups excluding carboxylic acids is 3. The van der Waals surface area contributed by atoms with Crippen molar-refractivity contribution in [1.29, 1.82) is 0 Å². The van der Waals surface area contributed by atoms with E-state index < -0.39 is 18.5 Å². The Kier molecular flexibility index (Phi) is 6.92. The van der Waals surface area contributed by atoms with Crippen LogP contribution in [0.15, 0.2) is 54.9 Å². The molecule has 3 N–H and O–H groups in total. The van der Waals surface area contributed by atoms with Gasteiger partial charge < -0.3 is 15.6 Å². The number of nitrogens with one attached hydrogen (secondary N) is 3. The Hall–Kier alpha value is -3.52. The Balaban J connectivity index is 1.64. The van der Waals surface area contributed by atoms with Crippen LogP contribution >= 0.6 is 11.6 Å². The Labute approximate surface area is 176 Å². The summed E-state index contributed by atoms with van der Waals surface area (Å²) >= 11 is 6.06. The summed E-state index contributed by atoms with van der Waals surface area (Å²) in [6, 6.07) is 13.5. The van der Waals surface area contributed by atoms with E-state index in [9.17, 15) is 18.8 Å². The molecule has 0 aliphatic rings. The fourth-order valence-corrected chi connectivity index (χ4v) is 2.99. The van der Waals surface area contributed by atoms with E-state index in [4.69, 9.17) is 11.6 Å². The molecule has 0 bridgehead atoms. The lowest BCUT2D eigenvalue weighted by Gasteiger charge is -2.07. The molecular formula is C21H18ClFN4O3. The lowest BCUT2D eigenvalue weighted by molar-refractivity contribution is 0.0932. The van der Waals surface area contributed by atoms with Crippen LogP contribution in [-0.4, -0.2) is 40.8 Å². The second-order valence-corrected chi connectivity index (χ2v) is 6.71. The van der Waals surface area contributed by atoms with Crippen molar-refractivity contribution < 1.29 is 18.8 Å². The standard InChI is InChI=1S/C21H18ClFN4O3/c22-16-4-2-1-3-15(16)17(28)11-13-5-7-14(8-6-13)27-21(30)19-18(25-12-26-19)20(29)24-10-9-23/h1-8,12H,9-11H2,(H,24,29)(H,25,26)(H,27,30). The number of carbonyl (C=O) groups is 3. The lowest BCUT2D eigenvalue weighted by atomic mass is 10.0. The molecule has 1 heterocycles. The fourth-order valence-electron chi connectivity index (χ4n) is 2.75. The highest BCUT2D eigenvalue weighted by atomic mass is 35.5. The van der Waals surface area contributed by atoms with Crippen molar-refractivity contribution in [2.24, 2.45) is 0 Å². The predicted octanol–water partition coefficient (Wildman–Crippen LogP) is 3.44. The molecule has 0 unspecified atom stereocenters. The van der Waals surface area contributed by atoms with Gasteiger partial charge in [0, 0.05) is 24.2 Å². The first kappa shape index (κ1) is 21.2. The maximum Gasteiger partial charge on any atom is 0.276 e. The van der Waals surface area contributed by atoms with Gasteiger partial charge in [-0.05, 0) is 29.8 Å². The predicted molar refractivity (Wildman–Crippen MR) is 111 cm³/mol. The van der Waals surface area contributed by atoms with E-state index in [1.165, 1.54) is 6.33 Å². The Morgan fingerprint density at radius 3 is 2.47 bits per heavy atom. The van der Waals surface area contributed by atoms with Gasteiger partial charge in [-0.1, -0.05) is 35.9 Å². The third kappa shape index (κ3) is 5.09. The van der Waals surface area contributed by atoms with Crippen molar-refractivity contribution in [2.75, 3.05) is 18.5 Å². The molecule has 2 amide bonds. The molecule has 154 valence electrons. The van der Waals surface area contributed by atoms with Crippen LogP contribution < -0.4 is 10.6 Å². The molecule has 0 aliphatic heterocycles. The molecule has 3 aromatic rings. The number of anilines is 1. The van der Waals surface area contributed by atoms with Crippen LogP contribution in [0.4, 0.5) is 10.1 Å². The molecule has 1 aromatic heterocycles. The first-order valence-electron chi connectivity index (χ1n) is 9.05. The van der Waals surface area contributed by atoms with Crippen LogP contribution in [0.5, 0.6) is 0 Å². The number of ketones is 1. The van der Waals surface area contributed by atoms with Crippen molar-refractivity contribution in [1.82, 2.24) is 15.3 Å². The third-order valence-corrected chi connectivity index (χ3v) is 4.54. The summed E-state index contributed by atoms with van der Waals surface area (Å²) in [4.78, 5) is 43.2. The van der Waals surface area contributed by atoms with E-state index >= 15 is 0 Å². The van der Waals surface area contributed by atoms with Crippen molar-refractivity contribution >= 4 is 34.9 Å². The number of Topliss-reactive ketones (excluding diaryl/α,β-unsaturated/α-hetero) is 1. The first-order valence-corrected chi connectivity index (χ1v) is 9.43. The first-order chi connectivity index (χ1) is 14.5. The van der Waals surface area contributed by atoms with E-state index in [2.05, 4.69) is 20.6 Å². The second kappa shape index (κ2) is 9.80. The van der Waals surface area contributed by atoms with Gasteiger partial charge in [-0.2, -0.15) is 0 Å². The summed E-state index contributed by atoms with van der Waals surface area (Å²) in [6.07, 6.45) is 1.37. The molecule has 7 nitrogen and oxygen atoms in total. The molecule has 0 aliphatic carbocycles. The zero-order chi connectivity index (χ0) is 21.5. The van der Waals surface area contributed by atoms with E-state index in [1.54, 1.807) is 48.5 Å². The highest BCUT2D eigenvalue weighted by Crippen LogP contribution is 2.19. The molecular weight excluding hydrogens is 411 g/mol. The van der Waals surface area contributed by atoms with Crippen LogP contribution in [0.3, 0.4) is 0 Å². The zero-order valence-electron chi connectivity index (χ0n) is 15.7. The second-order valence-electron chi connectivity index (χ2n) is 6.30. The molecule has 0 spiro atoms. The van der Waals surface area contributed by atoms with Gasteiger partial charge in [-0.25, -0.2) is 9.37 Å². The number of hydrogen-bond donors (Lipinski definition) is 3. The van der Waals surface area contributed by atoms with Gasteiger partial charge in [0.25, 0.3) is 11.8 Å². The summed E-state index contributed by atoms with van der Waals surface area (Å²) in [5, 5.41) is 5.37. The van der Waals surface area contributed by atoms with Crippen molar-refractivity contribution in [2.45, 2.75) is 6.42 Å².